The first kappa shape index (κ1) is 8.53. The molecule has 0 spiro atoms. The summed E-state index contributed by atoms with van der Waals surface area (Å²) in [6.07, 6.45) is 0.941. The predicted octanol–water partition coefficient (Wildman–Crippen LogP) is 0.161. The van der Waals surface area contributed by atoms with Gasteiger partial charge in [-0.1, -0.05) is 6.92 Å². The average molecular weight is 154 g/mol. The summed E-state index contributed by atoms with van der Waals surface area (Å²) in [5, 5.41) is 2.63. The smallest absolute Gasteiger partial charge is 0.192 e. The van der Waals surface area contributed by atoms with Gasteiger partial charge in [0, 0.05) is 6.54 Å². The van der Waals surface area contributed by atoms with Gasteiger partial charge in [-0.05, 0) is 18.2 Å². The van der Waals surface area contributed by atoms with E-state index >= 15 is 0 Å². The zero-order valence-electron chi connectivity index (χ0n) is 4.79. The molecule has 0 aromatic heterocycles. The maximum atomic E-state index is 8.74. The number of hydrogen-bond donors (Lipinski definition) is 3. The van der Waals surface area contributed by atoms with E-state index < -0.39 is 6.57 Å². The molecule has 0 radical (unpaired) electrons. The Morgan fingerprint density at radius 2 is 2.38 bits per heavy atom. The van der Waals surface area contributed by atoms with E-state index in [1.54, 1.807) is 0 Å². The molecule has 0 aromatic carbocycles. The normalized spacial score (nSPS) is 17.9. The SMILES string of the molecule is CCCNP(N)(O)=S. The zero-order valence-corrected chi connectivity index (χ0v) is 6.51. The Hall–Kier alpha value is 0.530. The second kappa shape index (κ2) is 3.54. The molecule has 0 heterocycles. The molecule has 0 amide bonds. The third-order valence-corrected chi connectivity index (χ3v) is 1.65. The molecule has 0 saturated carbocycles. The van der Waals surface area contributed by atoms with E-state index in [9.17, 15) is 0 Å². The van der Waals surface area contributed by atoms with Crippen molar-refractivity contribution in [2.75, 3.05) is 6.54 Å². The van der Waals surface area contributed by atoms with Crippen molar-refractivity contribution in [3.05, 3.63) is 0 Å². The molecule has 0 aliphatic heterocycles. The van der Waals surface area contributed by atoms with Crippen molar-refractivity contribution in [3.63, 3.8) is 0 Å². The standard InChI is InChI=1S/C3H11N2OPS/c1-2-3-5-7(4,6)8/h2-3H2,1H3,(H4,4,5,6,8). The highest BCUT2D eigenvalue weighted by Crippen LogP contribution is 2.22. The van der Waals surface area contributed by atoms with Crippen molar-refractivity contribution in [1.29, 1.82) is 0 Å². The molecule has 0 aromatic rings. The van der Waals surface area contributed by atoms with Crippen LogP contribution >= 0.6 is 6.57 Å². The molecule has 1 atom stereocenters. The summed E-state index contributed by atoms with van der Waals surface area (Å²) < 4.78 is 0. The molecule has 50 valence electrons. The van der Waals surface area contributed by atoms with Gasteiger partial charge in [-0.15, -0.1) is 0 Å². The molecule has 0 rings (SSSR count). The van der Waals surface area contributed by atoms with Crippen LogP contribution in [-0.2, 0) is 11.8 Å². The largest absolute Gasteiger partial charge is 0.343 e. The fourth-order valence-electron chi connectivity index (χ4n) is 0.272. The summed E-state index contributed by atoms with van der Waals surface area (Å²) in [7, 11) is 0. The van der Waals surface area contributed by atoms with Crippen LogP contribution in [0.2, 0.25) is 0 Å². The van der Waals surface area contributed by atoms with Gasteiger partial charge in [0.2, 0.25) is 0 Å². The Morgan fingerprint density at radius 1 is 1.88 bits per heavy atom. The summed E-state index contributed by atoms with van der Waals surface area (Å²) in [6.45, 7) is 0.0839. The van der Waals surface area contributed by atoms with E-state index in [4.69, 9.17) is 10.4 Å². The van der Waals surface area contributed by atoms with Gasteiger partial charge >= 0.3 is 0 Å². The number of rotatable bonds is 3. The minimum atomic E-state index is -2.60. The van der Waals surface area contributed by atoms with Crippen LogP contribution in [0.15, 0.2) is 0 Å². The van der Waals surface area contributed by atoms with Crippen molar-refractivity contribution >= 4 is 18.4 Å². The second-order valence-electron chi connectivity index (χ2n) is 1.53. The molecule has 4 N–H and O–H groups in total. The van der Waals surface area contributed by atoms with E-state index in [0.29, 0.717) is 6.54 Å². The van der Waals surface area contributed by atoms with Crippen LogP contribution in [0.1, 0.15) is 13.3 Å². The van der Waals surface area contributed by atoms with E-state index in [0.717, 1.165) is 6.42 Å². The molecule has 0 saturated heterocycles. The molecular weight excluding hydrogens is 143 g/mol. The predicted molar refractivity (Wildman–Crippen MR) is 39.0 cm³/mol. The summed E-state index contributed by atoms with van der Waals surface area (Å²) in [4.78, 5) is 8.74. The van der Waals surface area contributed by atoms with Crippen molar-refractivity contribution in [2.45, 2.75) is 13.3 Å². The Balaban J connectivity index is 3.26. The minimum Gasteiger partial charge on any atom is -0.343 e. The maximum absolute atomic E-state index is 8.74. The summed E-state index contributed by atoms with van der Waals surface area (Å²) >= 11 is 4.48. The average Bonchev–Trinajstić information content (AvgIpc) is 1.59. The Morgan fingerprint density at radius 3 is 2.50 bits per heavy atom. The molecule has 1 unspecified atom stereocenters. The molecular formula is C3H11N2OPS. The Kier molecular flexibility index (Phi) is 3.77. The lowest BCUT2D eigenvalue weighted by Gasteiger charge is -2.07. The highest BCUT2D eigenvalue weighted by molar-refractivity contribution is 8.09. The quantitative estimate of drug-likeness (QED) is 0.507. The Bertz CT molecular complexity index is 101. The van der Waals surface area contributed by atoms with Crippen molar-refractivity contribution in [1.82, 2.24) is 5.09 Å². The monoisotopic (exact) mass is 154 g/mol. The van der Waals surface area contributed by atoms with Gasteiger partial charge in [0.25, 0.3) is 0 Å². The zero-order chi connectivity index (χ0) is 6.62. The molecule has 3 nitrogen and oxygen atoms in total. The minimum absolute atomic E-state index is 0.699. The molecule has 5 heteroatoms. The Labute approximate surface area is 54.5 Å². The topological polar surface area (TPSA) is 58.3 Å². The van der Waals surface area contributed by atoms with Gasteiger partial charge in [-0.3, -0.25) is 10.6 Å². The molecule has 0 fully saturated rings. The lowest BCUT2D eigenvalue weighted by atomic mass is 10.5. The number of hydrogen-bond acceptors (Lipinski definition) is 1. The van der Waals surface area contributed by atoms with Gasteiger partial charge in [0.05, 0.1) is 0 Å². The van der Waals surface area contributed by atoms with Crippen LogP contribution in [0, 0.1) is 0 Å². The van der Waals surface area contributed by atoms with Crippen LogP contribution in [0.5, 0.6) is 0 Å². The van der Waals surface area contributed by atoms with Crippen molar-refractivity contribution in [3.8, 4) is 0 Å². The van der Waals surface area contributed by atoms with Crippen LogP contribution in [-0.4, -0.2) is 11.4 Å². The van der Waals surface area contributed by atoms with Gasteiger partial charge in [-0.25, -0.2) is 0 Å². The third kappa shape index (κ3) is 6.53. The number of nitrogens with two attached hydrogens (primary N) is 1. The molecule has 0 bridgehead atoms. The van der Waals surface area contributed by atoms with Crippen LogP contribution < -0.4 is 10.6 Å². The lowest BCUT2D eigenvalue weighted by Crippen LogP contribution is -2.15. The van der Waals surface area contributed by atoms with Crippen molar-refractivity contribution in [2.24, 2.45) is 5.50 Å². The van der Waals surface area contributed by atoms with E-state index in [-0.39, 0.29) is 0 Å². The fraction of sp³-hybridized carbons (Fsp3) is 1.00. The first-order valence-corrected chi connectivity index (χ1v) is 5.25. The molecule has 0 aliphatic carbocycles. The maximum Gasteiger partial charge on any atom is 0.192 e. The molecule has 0 aliphatic rings. The summed E-state index contributed by atoms with van der Waals surface area (Å²) in [5.41, 5.74) is 5.09. The third-order valence-electron chi connectivity index (χ3n) is 0.588. The van der Waals surface area contributed by atoms with E-state index in [1.165, 1.54) is 0 Å². The summed E-state index contributed by atoms with van der Waals surface area (Å²) in [6, 6.07) is 0. The van der Waals surface area contributed by atoms with Gasteiger partial charge in [0.1, 0.15) is 0 Å². The second-order valence-corrected chi connectivity index (χ2v) is 4.76. The highest BCUT2D eigenvalue weighted by Gasteiger charge is 1.99. The van der Waals surface area contributed by atoms with Crippen LogP contribution in [0.3, 0.4) is 0 Å². The number of nitrogens with one attached hydrogen (secondary N) is 1. The van der Waals surface area contributed by atoms with Crippen LogP contribution in [0.25, 0.3) is 0 Å². The first-order chi connectivity index (χ1) is 3.56. The lowest BCUT2D eigenvalue weighted by molar-refractivity contribution is 0.602. The van der Waals surface area contributed by atoms with E-state index in [2.05, 4.69) is 16.9 Å². The summed E-state index contributed by atoms with van der Waals surface area (Å²) in [5.74, 6) is 0. The first-order valence-electron chi connectivity index (χ1n) is 2.43. The van der Waals surface area contributed by atoms with Crippen LogP contribution in [0.4, 0.5) is 0 Å². The van der Waals surface area contributed by atoms with Gasteiger partial charge in [0.15, 0.2) is 6.57 Å². The molecule has 8 heavy (non-hydrogen) atoms. The fourth-order valence-corrected chi connectivity index (χ4v) is 1.09. The highest BCUT2D eigenvalue weighted by atomic mass is 32.4. The van der Waals surface area contributed by atoms with Crippen molar-refractivity contribution < 1.29 is 4.89 Å². The van der Waals surface area contributed by atoms with Gasteiger partial charge in [-0.2, -0.15) is 0 Å². The van der Waals surface area contributed by atoms with Gasteiger partial charge < -0.3 is 4.89 Å². The van der Waals surface area contributed by atoms with E-state index in [1.807, 2.05) is 6.92 Å².